The second kappa shape index (κ2) is 6.53. The lowest BCUT2D eigenvalue weighted by atomic mass is 9.96. The van der Waals surface area contributed by atoms with Crippen LogP contribution in [-0.2, 0) is 4.74 Å². The van der Waals surface area contributed by atoms with Crippen LogP contribution in [0.25, 0.3) is 22.0 Å². The van der Waals surface area contributed by atoms with E-state index in [1.54, 1.807) is 12.1 Å². The van der Waals surface area contributed by atoms with Crippen LogP contribution in [0, 0.1) is 11.6 Å². The average Bonchev–Trinajstić information content (AvgIpc) is 3.07. The van der Waals surface area contributed by atoms with Crippen molar-refractivity contribution in [2.24, 2.45) is 0 Å². The third-order valence-corrected chi connectivity index (χ3v) is 4.84. The summed E-state index contributed by atoms with van der Waals surface area (Å²) in [6.45, 7) is 0.720. The summed E-state index contributed by atoms with van der Waals surface area (Å²) in [6, 6.07) is 8.03. The van der Waals surface area contributed by atoms with E-state index >= 15 is 0 Å². The zero-order valence-corrected chi connectivity index (χ0v) is 13.9. The number of fused-ring (bicyclic) bond motifs is 1. The van der Waals surface area contributed by atoms with E-state index in [0.29, 0.717) is 5.56 Å². The van der Waals surface area contributed by atoms with Crippen molar-refractivity contribution in [3.8, 4) is 11.1 Å². The van der Waals surface area contributed by atoms with Gasteiger partial charge in [0.05, 0.1) is 28.1 Å². The van der Waals surface area contributed by atoms with Crippen LogP contribution in [0.4, 0.5) is 8.78 Å². The fraction of sp³-hybridized carbons (Fsp3) is 0.250. The number of carboxylic acid groups (broad SMARTS) is 1. The minimum absolute atomic E-state index is 0.0123. The highest BCUT2D eigenvalue weighted by Gasteiger charge is 2.22. The van der Waals surface area contributed by atoms with Crippen LogP contribution in [-0.4, -0.2) is 22.7 Å². The molecule has 134 valence electrons. The standard InChI is InChI=1S/C20H17F2NO3/c21-14-9-15-18(13(10-23-15)20(24)25)19(22)17(14)12-6-4-11(5-7-12)16-3-1-2-8-26-16/h4-7,9-10,16,23H,1-3,8H2,(H,24,25)/t16-/m0/s1. The number of carboxylic acids is 1. The van der Waals surface area contributed by atoms with Gasteiger partial charge in [-0.05, 0) is 36.5 Å². The molecule has 0 aliphatic carbocycles. The number of nitrogens with one attached hydrogen (secondary N) is 1. The number of H-pyrrole nitrogens is 1. The summed E-state index contributed by atoms with van der Waals surface area (Å²) in [5, 5.41) is 9.10. The minimum atomic E-state index is -1.27. The van der Waals surface area contributed by atoms with Gasteiger partial charge in [0, 0.05) is 12.8 Å². The van der Waals surface area contributed by atoms with Gasteiger partial charge in [-0.1, -0.05) is 24.3 Å². The molecular weight excluding hydrogens is 340 g/mol. The molecule has 0 saturated carbocycles. The van der Waals surface area contributed by atoms with E-state index in [9.17, 15) is 18.7 Å². The number of rotatable bonds is 3. The Balaban J connectivity index is 1.78. The van der Waals surface area contributed by atoms with Crippen molar-refractivity contribution in [3.05, 3.63) is 59.3 Å². The Kier molecular flexibility index (Phi) is 4.20. The van der Waals surface area contributed by atoms with Crippen molar-refractivity contribution >= 4 is 16.9 Å². The Labute approximate surface area is 148 Å². The van der Waals surface area contributed by atoms with Crippen LogP contribution in [0.3, 0.4) is 0 Å². The third kappa shape index (κ3) is 2.76. The monoisotopic (exact) mass is 357 g/mol. The van der Waals surface area contributed by atoms with Crippen molar-refractivity contribution in [1.29, 1.82) is 0 Å². The number of carbonyl (C=O) groups is 1. The molecule has 26 heavy (non-hydrogen) atoms. The van der Waals surface area contributed by atoms with Gasteiger partial charge in [0.2, 0.25) is 0 Å². The molecule has 0 spiro atoms. The van der Waals surface area contributed by atoms with E-state index < -0.39 is 17.6 Å². The SMILES string of the molecule is O=C(O)c1c[nH]c2cc(F)c(-c3ccc([C@@H]4CCCCO4)cc3)c(F)c12. The molecule has 1 saturated heterocycles. The van der Waals surface area contributed by atoms with Gasteiger partial charge in [-0.2, -0.15) is 0 Å². The molecule has 0 bridgehead atoms. The van der Waals surface area contributed by atoms with Crippen molar-refractivity contribution < 1.29 is 23.4 Å². The van der Waals surface area contributed by atoms with E-state index in [1.165, 1.54) is 6.20 Å². The predicted octanol–water partition coefficient (Wildman–Crippen LogP) is 5.05. The van der Waals surface area contributed by atoms with Gasteiger partial charge in [-0.15, -0.1) is 0 Å². The normalized spacial score (nSPS) is 17.5. The molecule has 2 N–H and O–H groups in total. The highest BCUT2D eigenvalue weighted by Crippen LogP contribution is 2.35. The first kappa shape index (κ1) is 16.7. The maximum atomic E-state index is 15.0. The molecule has 4 nitrogen and oxygen atoms in total. The van der Waals surface area contributed by atoms with Crippen LogP contribution in [0.2, 0.25) is 0 Å². The number of ether oxygens (including phenoxy) is 1. The first-order chi connectivity index (χ1) is 12.6. The van der Waals surface area contributed by atoms with E-state index in [4.69, 9.17) is 4.74 Å². The highest BCUT2D eigenvalue weighted by molar-refractivity contribution is 6.04. The smallest absolute Gasteiger partial charge is 0.337 e. The molecule has 1 aliphatic rings. The molecule has 2 heterocycles. The molecule has 2 aromatic carbocycles. The first-order valence-electron chi connectivity index (χ1n) is 8.50. The van der Waals surface area contributed by atoms with Crippen molar-refractivity contribution in [2.45, 2.75) is 25.4 Å². The fourth-order valence-electron chi connectivity index (χ4n) is 3.52. The molecular formula is C20H17F2NO3. The Morgan fingerprint density at radius 3 is 2.62 bits per heavy atom. The molecule has 0 radical (unpaired) electrons. The lowest BCUT2D eigenvalue weighted by Gasteiger charge is -2.23. The zero-order valence-electron chi connectivity index (χ0n) is 13.9. The van der Waals surface area contributed by atoms with Crippen molar-refractivity contribution in [2.75, 3.05) is 6.61 Å². The minimum Gasteiger partial charge on any atom is -0.478 e. The van der Waals surface area contributed by atoms with Gasteiger partial charge in [-0.3, -0.25) is 0 Å². The number of aromatic nitrogens is 1. The van der Waals surface area contributed by atoms with Crippen LogP contribution < -0.4 is 0 Å². The summed E-state index contributed by atoms with van der Waals surface area (Å²) in [6.07, 6.45) is 4.26. The molecule has 1 fully saturated rings. The van der Waals surface area contributed by atoms with Crippen molar-refractivity contribution in [3.63, 3.8) is 0 Å². The van der Waals surface area contributed by atoms with Gasteiger partial charge in [0.15, 0.2) is 0 Å². The first-order valence-corrected chi connectivity index (χ1v) is 8.50. The molecule has 0 unspecified atom stereocenters. The summed E-state index contributed by atoms with van der Waals surface area (Å²) in [7, 11) is 0. The van der Waals surface area contributed by atoms with E-state index in [-0.39, 0.29) is 28.1 Å². The highest BCUT2D eigenvalue weighted by atomic mass is 19.1. The molecule has 0 amide bonds. The number of hydrogen-bond donors (Lipinski definition) is 2. The fourth-order valence-corrected chi connectivity index (χ4v) is 3.52. The Bertz CT molecular complexity index is 973. The second-order valence-corrected chi connectivity index (χ2v) is 6.45. The van der Waals surface area contributed by atoms with Gasteiger partial charge < -0.3 is 14.8 Å². The predicted molar refractivity (Wildman–Crippen MR) is 93.2 cm³/mol. The lowest BCUT2D eigenvalue weighted by Crippen LogP contribution is -2.11. The van der Waals surface area contributed by atoms with Gasteiger partial charge >= 0.3 is 5.97 Å². The zero-order chi connectivity index (χ0) is 18.3. The number of benzene rings is 2. The molecule has 1 aliphatic heterocycles. The van der Waals surface area contributed by atoms with E-state index in [2.05, 4.69) is 4.98 Å². The van der Waals surface area contributed by atoms with Crippen LogP contribution >= 0.6 is 0 Å². The summed E-state index contributed by atoms with van der Waals surface area (Å²) in [4.78, 5) is 13.9. The molecule has 1 atom stereocenters. The Morgan fingerprint density at radius 1 is 1.19 bits per heavy atom. The second-order valence-electron chi connectivity index (χ2n) is 6.45. The van der Waals surface area contributed by atoms with Gasteiger partial charge in [-0.25, -0.2) is 13.6 Å². The lowest BCUT2D eigenvalue weighted by molar-refractivity contribution is 0.0149. The topological polar surface area (TPSA) is 62.3 Å². The third-order valence-electron chi connectivity index (χ3n) is 4.84. The Morgan fingerprint density at radius 2 is 1.96 bits per heavy atom. The van der Waals surface area contributed by atoms with Crippen LogP contribution in [0.1, 0.15) is 41.3 Å². The summed E-state index contributed by atoms with van der Waals surface area (Å²) < 4.78 is 35.2. The van der Waals surface area contributed by atoms with Crippen LogP contribution in [0.5, 0.6) is 0 Å². The van der Waals surface area contributed by atoms with Crippen molar-refractivity contribution in [1.82, 2.24) is 4.98 Å². The van der Waals surface area contributed by atoms with E-state index in [1.807, 2.05) is 12.1 Å². The number of aromatic carboxylic acids is 1. The molecule has 1 aromatic heterocycles. The van der Waals surface area contributed by atoms with Gasteiger partial charge in [0.25, 0.3) is 0 Å². The van der Waals surface area contributed by atoms with Crippen LogP contribution in [0.15, 0.2) is 36.5 Å². The van der Waals surface area contributed by atoms with Gasteiger partial charge in [0.1, 0.15) is 11.6 Å². The number of hydrogen-bond acceptors (Lipinski definition) is 2. The number of aromatic amines is 1. The number of halogens is 2. The largest absolute Gasteiger partial charge is 0.478 e. The maximum Gasteiger partial charge on any atom is 0.337 e. The summed E-state index contributed by atoms with van der Waals surface area (Å²) in [5.41, 5.74) is 1.01. The quantitative estimate of drug-likeness (QED) is 0.689. The molecule has 4 rings (SSSR count). The average molecular weight is 357 g/mol. The summed E-state index contributed by atoms with van der Waals surface area (Å²) in [5.74, 6) is -2.88. The molecule has 6 heteroatoms. The summed E-state index contributed by atoms with van der Waals surface area (Å²) >= 11 is 0. The Hall–Kier alpha value is -2.73. The van der Waals surface area contributed by atoms with E-state index in [0.717, 1.165) is 37.5 Å². The molecule has 3 aromatic rings. The maximum absolute atomic E-state index is 15.0.